The molecule has 1 N–H and O–H groups in total. The van der Waals surface area contributed by atoms with Gasteiger partial charge in [0.15, 0.2) is 0 Å². The fraction of sp³-hybridized carbons (Fsp3) is 0.353. The van der Waals surface area contributed by atoms with E-state index in [9.17, 15) is 4.79 Å². The van der Waals surface area contributed by atoms with E-state index in [0.29, 0.717) is 50.1 Å². The van der Waals surface area contributed by atoms with Crippen LogP contribution in [0.2, 0.25) is 5.02 Å². The minimum Gasteiger partial charge on any atom is -0.493 e. The summed E-state index contributed by atoms with van der Waals surface area (Å²) in [5.41, 5.74) is 6.64. The third-order valence-electron chi connectivity index (χ3n) is 7.74. The summed E-state index contributed by atoms with van der Waals surface area (Å²) in [5, 5.41) is 11.5. The topological polar surface area (TPSA) is 78.4 Å². The van der Waals surface area contributed by atoms with Gasteiger partial charge in [0.2, 0.25) is 0 Å². The first kappa shape index (κ1) is 29.7. The van der Waals surface area contributed by atoms with Crippen LogP contribution in [-0.2, 0) is 29.0 Å². The molecule has 5 aromatic rings. The van der Waals surface area contributed by atoms with E-state index in [0.717, 1.165) is 74.8 Å². The van der Waals surface area contributed by atoms with Crippen molar-refractivity contribution in [3.05, 3.63) is 82.3 Å². The molecule has 0 amide bonds. The molecule has 1 aliphatic rings. The molecule has 0 saturated carbocycles. The third kappa shape index (κ3) is 5.63. The molecule has 0 aliphatic carbocycles. The molecule has 0 bridgehead atoms. The summed E-state index contributed by atoms with van der Waals surface area (Å²) in [6.45, 7) is 6.51. The van der Waals surface area contributed by atoms with Crippen molar-refractivity contribution in [2.24, 2.45) is 0 Å². The van der Waals surface area contributed by atoms with Gasteiger partial charge in [-0.2, -0.15) is 5.10 Å². The summed E-state index contributed by atoms with van der Waals surface area (Å²) in [6.07, 6.45) is 3.20. The Balaban J connectivity index is 0.00000353. The number of halogens is 1. The number of aromatic amines is 1. The molecule has 6 rings (SSSR count). The Kier molecular flexibility index (Phi) is 9.19. The number of fused-ring (bicyclic) bond motifs is 3. The largest absolute Gasteiger partial charge is 0.493 e. The lowest BCUT2D eigenvalue weighted by Gasteiger charge is -2.13. The Bertz CT molecular complexity index is 1720. The molecule has 0 saturated heterocycles. The molecular formula is C34H38ClN3O4. The van der Waals surface area contributed by atoms with Crippen molar-refractivity contribution in [1.82, 2.24) is 14.8 Å². The Morgan fingerprint density at radius 1 is 1.12 bits per heavy atom. The lowest BCUT2D eigenvalue weighted by atomic mass is 9.98. The van der Waals surface area contributed by atoms with E-state index in [1.54, 1.807) is 0 Å². The van der Waals surface area contributed by atoms with Crippen molar-refractivity contribution in [1.29, 1.82) is 0 Å². The number of ether oxygens (including phenoxy) is 3. The standard InChI is InChI=1S/C33H34ClN3O4.CH4/c1-3-40-33(38)32-26(12-8-18-41-29-13-6-9-22-19-23(34)14-15-24(22)29)25-10-7-11-27-30-21(2)35-36-28(30)20-39-17-5-4-16-37(32)31(25)27;/h6-7,9-11,13-15,19H,3-5,8,12,16-18,20H2,1-2H3,(H,35,36);1H4. The normalized spacial score (nSPS) is 13.3. The monoisotopic (exact) mass is 587 g/mol. The van der Waals surface area contributed by atoms with Gasteiger partial charge in [0.1, 0.15) is 11.4 Å². The average molecular weight is 588 g/mol. The van der Waals surface area contributed by atoms with Crippen LogP contribution in [-0.4, -0.2) is 40.6 Å². The molecular weight excluding hydrogens is 550 g/mol. The molecule has 3 aromatic carbocycles. The van der Waals surface area contributed by atoms with E-state index in [1.165, 1.54) is 0 Å². The number of esters is 1. The fourth-order valence-electron chi connectivity index (χ4n) is 5.96. The maximum absolute atomic E-state index is 13.5. The smallest absolute Gasteiger partial charge is 0.355 e. The number of hydrogen-bond acceptors (Lipinski definition) is 5. The quantitative estimate of drug-likeness (QED) is 0.153. The number of rotatable bonds is 7. The lowest BCUT2D eigenvalue weighted by molar-refractivity contribution is 0.0512. The Hall–Kier alpha value is -3.81. The molecule has 0 unspecified atom stereocenters. The zero-order chi connectivity index (χ0) is 28.3. The van der Waals surface area contributed by atoms with Crippen LogP contribution < -0.4 is 4.74 Å². The predicted octanol–water partition coefficient (Wildman–Crippen LogP) is 8.28. The van der Waals surface area contributed by atoms with Crippen LogP contribution in [0.15, 0.2) is 54.6 Å². The molecule has 0 radical (unpaired) electrons. The predicted molar refractivity (Wildman–Crippen MR) is 169 cm³/mol. The first-order valence-electron chi connectivity index (χ1n) is 14.3. The van der Waals surface area contributed by atoms with Gasteiger partial charge in [-0.3, -0.25) is 5.10 Å². The van der Waals surface area contributed by atoms with Gasteiger partial charge in [-0.25, -0.2) is 4.79 Å². The van der Waals surface area contributed by atoms with E-state index < -0.39 is 0 Å². The summed E-state index contributed by atoms with van der Waals surface area (Å²) >= 11 is 6.19. The highest BCUT2D eigenvalue weighted by Crippen LogP contribution is 2.38. The lowest BCUT2D eigenvalue weighted by Crippen LogP contribution is -2.15. The Morgan fingerprint density at radius 2 is 1.98 bits per heavy atom. The van der Waals surface area contributed by atoms with Crippen LogP contribution in [0.3, 0.4) is 0 Å². The molecule has 0 atom stereocenters. The van der Waals surface area contributed by atoms with Crippen LogP contribution >= 0.6 is 11.6 Å². The van der Waals surface area contributed by atoms with E-state index in [4.69, 9.17) is 25.8 Å². The molecule has 8 heteroatoms. The highest BCUT2D eigenvalue weighted by atomic mass is 35.5. The van der Waals surface area contributed by atoms with Crippen LogP contribution in [0.1, 0.15) is 61.1 Å². The minimum atomic E-state index is -0.285. The summed E-state index contributed by atoms with van der Waals surface area (Å²) in [7, 11) is 0. The summed E-state index contributed by atoms with van der Waals surface area (Å²) in [5.74, 6) is 0.542. The van der Waals surface area contributed by atoms with Crippen molar-refractivity contribution in [2.75, 3.05) is 19.8 Å². The molecule has 42 heavy (non-hydrogen) atoms. The Labute approximate surface area is 251 Å². The number of benzene rings is 3. The molecule has 2 aromatic heterocycles. The maximum atomic E-state index is 13.5. The number of para-hydroxylation sites is 1. The van der Waals surface area contributed by atoms with Gasteiger partial charge in [-0.05, 0) is 74.7 Å². The zero-order valence-electron chi connectivity index (χ0n) is 23.5. The average Bonchev–Trinajstić information content (AvgIpc) is 3.48. The first-order chi connectivity index (χ1) is 20.1. The summed E-state index contributed by atoms with van der Waals surface area (Å²) in [4.78, 5) is 13.5. The number of nitrogens with one attached hydrogen (secondary N) is 1. The fourth-order valence-corrected chi connectivity index (χ4v) is 6.14. The van der Waals surface area contributed by atoms with Gasteiger partial charge in [0.05, 0.1) is 31.0 Å². The van der Waals surface area contributed by atoms with Gasteiger partial charge in [-0.15, -0.1) is 0 Å². The summed E-state index contributed by atoms with van der Waals surface area (Å²) < 4.78 is 20.0. The second kappa shape index (κ2) is 13.0. The maximum Gasteiger partial charge on any atom is 0.355 e. The van der Waals surface area contributed by atoms with Crippen LogP contribution in [0, 0.1) is 6.92 Å². The number of carbonyl (C=O) groups is 1. The van der Waals surface area contributed by atoms with Crippen LogP contribution in [0.4, 0.5) is 0 Å². The Morgan fingerprint density at radius 3 is 2.83 bits per heavy atom. The highest BCUT2D eigenvalue weighted by molar-refractivity contribution is 6.31. The molecule has 7 nitrogen and oxygen atoms in total. The van der Waals surface area contributed by atoms with Crippen molar-refractivity contribution in [3.63, 3.8) is 0 Å². The van der Waals surface area contributed by atoms with Crippen molar-refractivity contribution >= 4 is 39.2 Å². The van der Waals surface area contributed by atoms with E-state index >= 15 is 0 Å². The first-order valence-corrected chi connectivity index (χ1v) is 14.7. The summed E-state index contributed by atoms with van der Waals surface area (Å²) in [6, 6.07) is 18.1. The molecule has 3 heterocycles. The molecule has 0 fully saturated rings. The molecule has 0 spiro atoms. The SMILES string of the molecule is C.CCOC(=O)c1c(CCCOc2cccc3cc(Cl)ccc23)c2cccc3c2n1CCCCOCc1n[nH]c(C)c1-3. The second-order valence-corrected chi connectivity index (χ2v) is 10.8. The number of hydrogen-bond donors (Lipinski definition) is 1. The van der Waals surface area contributed by atoms with Gasteiger partial charge in [0, 0.05) is 45.8 Å². The number of aryl methyl sites for hydroxylation is 3. The van der Waals surface area contributed by atoms with E-state index in [2.05, 4.69) is 33.0 Å². The van der Waals surface area contributed by atoms with E-state index in [1.807, 2.05) is 50.2 Å². The van der Waals surface area contributed by atoms with Crippen molar-refractivity contribution in [3.8, 4) is 16.9 Å². The van der Waals surface area contributed by atoms with Gasteiger partial charge in [0.25, 0.3) is 0 Å². The van der Waals surface area contributed by atoms with Crippen LogP contribution in [0.25, 0.3) is 32.8 Å². The van der Waals surface area contributed by atoms with Crippen LogP contribution in [0.5, 0.6) is 5.75 Å². The van der Waals surface area contributed by atoms with Gasteiger partial charge >= 0.3 is 5.97 Å². The number of aromatic nitrogens is 3. The van der Waals surface area contributed by atoms with Gasteiger partial charge in [-0.1, -0.05) is 49.4 Å². The molecule has 1 aliphatic heterocycles. The number of carbonyl (C=O) groups excluding carboxylic acids is 1. The molecule has 220 valence electrons. The van der Waals surface area contributed by atoms with Crippen molar-refractivity contribution in [2.45, 2.75) is 60.1 Å². The second-order valence-electron chi connectivity index (χ2n) is 10.4. The number of nitrogens with zero attached hydrogens (tertiary/aromatic N) is 2. The minimum absolute atomic E-state index is 0. The highest BCUT2D eigenvalue weighted by Gasteiger charge is 2.27. The zero-order valence-corrected chi connectivity index (χ0v) is 24.2. The van der Waals surface area contributed by atoms with Gasteiger partial charge < -0.3 is 18.8 Å². The third-order valence-corrected chi connectivity index (χ3v) is 7.97. The van der Waals surface area contributed by atoms with E-state index in [-0.39, 0.29) is 13.4 Å². The number of H-pyrrole nitrogens is 1. The van der Waals surface area contributed by atoms with Crippen molar-refractivity contribution < 1.29 is 19.0 Å².